The van der Waals surface area contributed by atoms with Crippen LogP contribution in [0.2, 0.25) is 0 Å². The summed E-state index contributed by atoms with van der Waals surface area (Å²) in [5, 5.41) is 3.39. The summed E-state index contributed by atoms with van der Waals surface area (Å²) in [6, 6.07) is 7.97. The molecule has 0 unspecified atom stereocenters. The van der Waals surface area contributed by atoms with Gasteiger partial charge in [0.2, 0.25) is 5.91 Å². The van der Waals surface area contributed by atoms with Gasteiger partial charge in [0, 0.05) is 50.6 Å². The Labute approximate surface area is 142 Å². The Morgan fingerprint density at radius 1 is 1.42 bits per heavy atom. The highest BCUT2D eigenvalue weighted by Gasteiger charge is 2.29. The van der Waals surface area contributed by atoms with E-state index in [1.165, 1.54) is 0 Å². The Morgan fingerprint density at radius 3 is 3.08 bits per heavy atom. The summed E-state index contributed by atoms with van der Waals surface area (Å²) < 4.78 is 7.48. The number of aromatic nitrogens is 2. The molecule has 1 fully saturated rings. The lowest BCUT2D eigenvalue weighted by Gasteiger charge is -2.37. The van der Waals surface area contributed by atoms with Crippen molar-refractivity contribution in [3.05, 3.63) is 48.5 Å². The number of carbonyl (C=O) groups is 1. The summed E-state index contributed by atoms with van der Waals surface area (Å²) in [5.74, 6) is 1.04. The Bertz CT molecular complexity index is 657. The number of imidazole rings is 1. The molecule has 1 atom stereocenters. The van der Waals surface area contributed by atoms with Crippen LogP contribution in [0.4, 0.5) is 0 Å². The number of nitrogens with one attached hydrogen (secondary N) is 1. The molecule has 1 aliphatic rings. The number of rotatable bonds is 6. The Balaban J connectivity index is 1.66. The van der Waals surface area contributed by atoms with E-state index in [0.29, 0.717) is 6.42 Å². The number of carbonyl (C=O) groups excluding carboxylic acids is 1. The van der Waals surface area contributed by atoms with Crippen LogP contribution in [0, 0.1) is 0 Å². The van der Waals surface area contributed by atoms with Crippen LogP contribution in [0.1, 0.15) is 24.4 Å². The molecule has 1 aromatic carbocycles. The second-order valence-corrected chi connectivity index (χ2v) is 5.95. The number of aryl methyl sites for hydroxylation is 1. The number of piperazine rings is 1. The highest BCUT2D eigenvalue weighted by molar-refractivity contribution is 5.77. The lowest BCUT2D eigenvalue weighted by atomic mass is 10.0. The van der Waals surface area contributed by atoms with Gasteiger partial charge in [-0.15, -0.1) is 0 Å². The molecule has 0 saturated carbocycles. The van der Waals surface area contributed by atoms with Gasteiger partial charge < -0.3 is 19.5 Å². The fourth-order valence-electron chi connectivity index (χ4n) is 3.20. The number of nitrogens with zero attached hydrogens (tertiary/aromatic N) is 3. The maximum Gasteiger partial charge on any atom is 0.223 e. The van der Waals surface area contributed by atoms with Crippen molar-refractivity contribution < 1.29 is 9.53 Å². The number of hydrogen-bond donors (Lipinski definition) is 1. The molecule has 1 aromatic heterocycles. The van der Waals surface area contributed by atoms with Gasteiger partial charge in [0.25, 0.3) is 0 Å². The Hall–Kier alpha value is -2.34. The molecule has 0 bridgehead atoms. The van der Waals surface area contributed by atoms with Gasteiger partial charge in [-0.2, -0.15) is 0 Å². The maximum atomic E-state index is 12.7. The molecule has 128 valence electrons. The average molecular weight is 328 g/mol. The minimum atomic E-state index is 0.0237. The van der Waals surface area contributed by atoms with E-state index in [-0.39, 0.29) is 11.9 Å². The highest BCUT2D eigenvalue weighted by Crippen LogP contribution is 2.30. The third-order valence-electron chi connectivity index (χ3n) is 4.43. The van der Waals surface area contributed by atoms with Gasteiger partial charge in [0.05, 0.1) is 19.5 Å². The van der Waals surface area contributed by atoms with E-state index in [1.54, 1.807) is 19.6 Å². The molecule has 2 aromatic rings. The molecular weight excluding hydrogens is 304 g/mol. The van der Waals surface area contributed by atoms with Crippen LogP contribution in [0.15, 0.2) is 43.0 Å². The van der Waals surface area contributed by atoms with Crippen molar-refractivity contribution in [1.29, 1.82) is 0 Å². The number of amides is 1. The number of ether oxygens (including phenoxy) is 1. The molecule has 0 aliphatic carbocycles. The van der Waals surface area contributed by atoms with Crippen LogP contribution in [0.5, 0.6) is 5.75 Å². The molecule has 0 spiro atoms. The first kappa shape index (κ1) is 16.5. The predicted octanol–water partition coefficient (Wildman–Crippen LogP) is 1.84. The molecular formula is C18H24N4O2. The topological polar surface area (TPSA) is 59.4 Å². The van der Waals surface area contributed by atoms with Crippen molar-refractivity contribution in [3.8, 4) is 5.75 Å². The molecule has 1 aliphatic heterocycles. The molecule has 3 rings (SSSR count). The first-order chi connectivity index (χ1) is 11.8. The van der Waals surface area contributed by atoms with Gasteiger partial charge >= 0.3 is 0 Å². The van der Waals surface area contributed by atoms with Crippen LogP contribution < -0.4 is 10.1 Å². The van der Waals surface area contributed by atoms with Crippen molar-refractivity contribution in [2.75, 3.05) is 26.7 Å². The first-order valence-electron chi connectivity index (χ1n) is 8.38. The van der Waals surface area contributed by atoms with Crippen LogP contribution >= 0.6 is 0 Å². The standard InChI is InChI=1S/C18H24N4O2/c1-24-17-6-3-2-5-15(17)16-13-19-9-12-22(16)18(23)7-4-10-21-11-8-20-14-21/h2-3,5-6,8,11,14,16,19H,4,7,9-10,12-13H2,1H3/t16-/m1/s1. The lowest BCUT2D eigenvalue weighted by molar-refractivity contribution is -0.134. The SMILES string of the molecule is COc1ccccc1[C@H]1CNCCN1C(=O)CCCn1ccnc1. The number of para-hydroxylation sites is 1. The van der Waals surface area contributed by atoms with Gasteiger partial charge in [-0.3, -0.25) is 4.79 Å². The van der Waals surface area contributed by atoms with E-state index in [0.717, 1.165) is 43.9 Å². The number of hydrogen-bond acceptors (Lipinski definition) is 4. The van der Waals surface area contributed by atoms with E-state index < -0.39 is 0 Å². The third kappa shape index (κ3) is 3.76. The van der Waals surface area contributed by atoms with E-state index in [4.69, 9.17) is 4.74 Å². The van der Waals surface area contributed by atoms with E-state index in [2.05, 4.69) is 10.3 Å². The van der Waals surface area contributed by atoms with E-state index in [9.17, 15) is 4.79 Å². The monoisotopic (exact) mass is 328 g/mol. The van der Waals surface area contributed by atoms with Crippen molar-refractivity contribution in [1.82, 2.24) is 19.8 Å². The molecule has 2 heterocycles. The van der Waals surface area contributed by atoms with Gasteiger partial charge in [0.15, 0.2) is 0 Å². The van der Waals surface area contributed by atoms with Crippen molar-refractivity contribution in [3.63, 3.8) is 0 Å². The second-order valence-electron chi connectivity index (χ2n) is 5.95. The molecule has 24 heavy (non-hydrogen) atoms. The zero-order valence-electron chi connectivity index (χ0n) is 14.0. The first-order valence-corrected chi connectivity index (χ1v) is 8.38. The Kier molecular flexibility index (Phi) is 5.48. The maximum absolute atomic E-state index is 12.7. The Morgan fingerprint density at radius 2 is 2.29 bits per heavy atom. The van der Waals surface area contributed by atoms with Crippen LogP contribution in [0.3, 0.4) is 0 Å². The summed E-state index contributed by atoms with van der Waals surface area (Å²) >= 11 is 0. The van der Waals surface area contributed by atoms with Crippen molar-refractivity contribution in [2.45, 2.75) is 25.4 Å². The largest absolute Gasteiger partial charge is 0.496 e. The van der Waals surface area contributed by atoms with Gasteiger partial charge in [-0.25, -0.2) is 4.98 Å². The normalized spacial score (nSPS) is 17.7. The fraction of sp³-hybridized carbons (Fsp3) is 0.444. The zero-order chi connectivity index (χ0) is 16.8. The average Bonchev–Trinajstić information content (AvgIpc) is 3.15. The number of benzene rings is 1. The summed E-state index contributed by atoms with van der Waals surface area (Å²) in [6.45, 7) is 3.14. The smallest absolute Gasteiger partial charge is 0.223 e. The number of methoxy groups -OCH3 is 1. The fourth-order valence-corrected chi connectivity index (χ4v) is 3.20. The van der Waals surface area contributed by atoms with Crippen molar-refractivity contribution >= 4 is 5.91 Å². The van der Waals surface area contributed by atoms with Gasteiger partial charge in [-0.1, -0.05) is 18.2 Å². The van der Waals surface area contributed by atoms with Crippen LogP contribution in [0.25, 0.3) is 0 Å². The molecule has 1 N–H and O–H groups in total. The molecule has 1 saturated heterocycles. The quantitative estimate of drug-likeness (QED) is 0.879. The minimum Gasteiger partial charge on any atom is -0.496 e. The summed E-state index contributed by atoms with van der Waals surface area (Å²) in [5.41, 5.74) is 1.06. The van der Waals surface area contributed by atoms with E-state index in [1.807, 2.05) is 39.9 Å². The van der Waals surface area contributed by atoms with E-state index >= 15 is 0 Å². The minimum absolute atomic E-state index is 0.0237. The predicted molar refractivity (Wildman–Crippen MR) is 91.8 cm³/mol. The molecule has 1 amide bonds. The van der Waals surface area contributed by atoms with Gasteiger partial charge in [0.1, 0.15) is 5.75 Å². The molecule has 6 heteroatoms. The molecule has 6 nitrogen and oxygen atoms in total. The summed E-state index contributed by atoms with van der Waals surface area (Å²) in [4.78, 5) is 18.8. The summed E-state index contributed by atoms with van der Waals surface area (Å²) in [6.07, 6.45) is 6.83. The van der Waals surface area contributed by atoms with Crippen LogP contribution in [-0.4, -0.2) is 47.1 Å². The van der Waals surface area contributed by atoms with Gasteiger partial charge in [-0.05, 0) is 12.5 Å². The molecule has 0 radical (unpaired) electrons. The summed E-state index contributed by atoms with van der Waals surface area (Å²) in [7, 11) is 1.67. The van der Waals surface area contributed by atoms with Crippen molar-refractivity contribution in [2.24, 2.45) is 0 Å². The highest BCUT2D eigenvalue weighted by atomic mass is 16.5. The van der Waals surface area contributed by atoms with Crippen LogP contribution in [-0.2, 0) is 11.3 Å². The third-order valence-corrected chi connectivity index (χ3v) is 4.43. The second kappa shape index (κ2) is 7.97. The lowest BCUT2D eigenvalue weighted by Crippen LogP contribution is -2.48. The zero-order valence-corrected chi connectivity index (χ0v) is 14.0.